The van der Waals surface area contributed by atoms with Crippen LogP contribution in [0.4, 0.5) is 4.39 Å². The summed E-state index contributed by atoms with van der Waals surface area (Å²) in [6.07, 6.45) is 1.96. The van der Waals surface area contributed by atoms with Gasteiger partial charge in [0.25, 0.3) is 0 Å². The van der Waals surface area contributed by atoms with Crippen LogP contribution < -0.4 is 5.32 Å². The predicted molar refractivity (Wildman–Crippen MR) is 77.5 cm³/mol. The van der Waals surface area contributed by atoms with Crippen LogP contribution in [0.25, 0.3) is 0 Å². The van der Waals surface area contributed by atoms with Gasteiger partial charge in [0.1, 0.15) is 6.67 Å². The third kappa shape index (κ3) is 2.99. The number of nitrogens with one attached hydrogen (secondary N) is 1. The Morgan fingerprint density at radius 3 is 2.43 bits per heavy atom. The fourth-order valence-corrected chi connectivity index (χ4v) is 2.73. The smallest absolute Gasteiger partial charge is 0.328 e. The second-order valence-electron chi connectivity index (χ2n) is 5.08. The lowest BCUT2D eigenvalue weighted by Gasteiger charge is -2.41. The number of carbonyl (C=O) groups excluding carboxylic acids is 1. The number of hydrogen-bond donors (Lipinski definition) is 2. The Morgan fingerprint density at radius 2 is 2.00 bits per heavy atom. The molecule has 1 fully saturated rings. The van der Waals surface area contributed by atoms with Gasteiger partial charge < -0.3 is 10.4 Å². The molecule has 0 aromatic heterocycles. The van der Waals surface area contributed by atoms with E-state index in [9.17, 15) is 14.0 Å². The van der Waals surface area contributed by atoms with Gasteiger partial charge in [-0.3, -0.25) is 4.79 Å². The largest absolute Gasteiger partial charge is 0.480 e. The van der Waals surface area contributed by atoms with Gasteiger partial charge in [-0.05, 0) is 30.5 Å². The summed E-state index contributed by atoms with van der Waals surface area (Å²) in [5.41, 5.74) is -0.180. The van der Waals surface area contributed by atoms with Crippen LogP contribution in [0.2, 0.25) is 10.0 Å². The predicted octanol–water partition coefficient (Wildman–Crippen LogP) is 2.95. The van der Waals surface area contributed by atoms with Crippen molar-refractivity contribution in [3.63, 3.8) is 0 Å². The topological polar surface area (TPSA) is 66.4 Å². The maximum atomic E-state index is 12.7. The Labute approximate surface area is 131 Å². The number of carboxylic acids is 1. The van der Waals surface area contributed by atoms with E-state index in [-0.39, 0.29) is 0 Å². The van der Waals surface area contributed by atoms with Crippen molar-refractivity contribution in [2.45, 2.75) is 30.7 Å². The zero-order valence-electron chi connectivity index (χ0n) is 11.0. The van der Waals surface area contributed by atoms with E-state index in [0.29, 0.717) is 28.5 Å². The molecule has 1 aliphatic carbocycles. The molecular formula is C14H14Cl2FNO3. The average molecular weight is 334 g/mol. The number of halogens is 3. The fraction of sp³-hybridized carbons (Fsp3) is 0.429. The molecule has 1 saturated carbocycles. The van der Waals surface area contributed by atoms with Gasteiger partial charge >= 0.3 is 5.97 Å². The Kier molecular flexibility index (Phi) is 4.74. The third-order valence-electron chi connectivity index (χ3n) is 3.87. The number of amides is 1. The van der Waals surface area contributed by atoms with E-state index in [1.165, 1.54) is 0 Å². The zero-order chi connectivity index (χ0) is 15.6. The van der Waals surface area contributed by atoms with Crippen LogP contribution in [-0.2, 0) is 15.0 Å². The van der Waals surface area contributed by atoms with Gasteiger partial charge in [-0.1, -0.05) is 35.7 Å². The minimum atomic E-state index is -1.53. The number of alkyl halides is 1. The number of carbonyl (C=O) groups is 2. The van der Waals surface area contributed by atoms with Gasteiger partial charge in [0.05, 0.1) is 15.5 Å². The number of rotatable bonds is 5. The molecule has 0 heterocycles. The van der Waals surface area contributed by atoms with Crippen molar-refractivity contribution in [2.75, 3.05) is 6.67 Å². The van der Waals surface area contributed by atoms with Crippen LogP contribution in [0.15, 0.2) is 18.2 Å². The van der Waals surface area contributed by atoms with Gasteiger partial charge in [-0.2, -0.15) is 0 Å². The summed E-state index contributed by atoms with van der Waals surface area (Å²) in [5.74, 6) is -1.88. The van der Waals surface area contributed by atoms with Gasteiger partial charge in [-0.25, -0.2) is 9.18 Å². The lowest BCUT2D eigenvalue weighted by molar-refractivity contribution is -0.144. The average Bonchev–Trinajstić information content (AvgIpc) is 2.38. The van der Waals surface area contributed by atoms with Crippen molar-refractivity contribution in [1.29, 1.82) is 0 Å². The first kappa shape index (κ1) is 16.0. The van der Waals surface area contributed by atoms with Gasteiger partial charge in [0.2, 0.25) is 5.91 Å². The van der Waals surface area contributed by atoms with Crippen molar-refractivity contribution in [2.24, 2.45) is 0 Å². The fourth-order valence-electron chi connectivity index (χ4n) is 2.43. The number of aliphatic carboxylic acids is 1. The molecule has 4 nitrogen and oxygen atoms in total. The summed E-state index contributed by atoms with van der Waals surface area (Å²) in [5, 5.41) is 11.8. The second kappa shape index (κ2) is 6.20. The van der Waals surface area contributed by atoms with Crippen molar-refractivity contribution in [3.8, 4) is 0 Å². The van der Waals surface area contributed by atoms with Gasteiger partial charge in [0, 0.05) is 0 Å². The first-order chi connectivity index (χ1) is 9.90. The molecule has 1 unspecified atom stereocenters. The summed E-state index contributed by atoms with van der Waals surface area (Å²) in [7, 11) is 0. The van der Waals surface area contributed by atoms with E-state index < -0.39 is 30.0 Å². The molecule has 0 radical (unpaired) electrons. The second-order valence-corrected chi connectivity index (χ2v) is 5.90. The molecule has 2 rings (SSSR count). The van der Waals surface area contributed by atoms with Crippen LogP contribution in [0.3, 0.4) is 0 Å². The molecule has 1 aromatic rings. The Balaban J connectivity index is 2.26. The molecular weight excluding hydrogens is 320 g/mol. The van der Waals surface area contributed by atoms with E-state index in [1.54, 1.807) is 18.2 Å². The summed E-state index contributed by atoms with van der Waals surface area (Å²) in [6, 6.07) is 3.36. The lowest BCUT2D eigenvalue weighted by Crippen LogP contribution is -2.54. The van der Waals surface area contributed by atoms with Crippen molar-refractivity contribution >= 4 is 35.1 Å². The highest BCUT2D eigenvalue weighted by atomic mass is 35.5. The summed E-state index contributed by atoms with van der Waals surface area (Å²) in [6.45, 7) is -1.15. The molecule has 2 N–H and O–H groups in total. The molecule has 1 aromatic carbocycles. The normalized spacial score (nSPS) is 17.7. The van der Waals surface area contributed by atoms with Crippen LogP contribution >= 0.6 is 23.2 Å². The number of benzene rings is 1. The Morgan fingerprint density at radius 1 is 1.33 bits per heavy atom. The van der Waals surface area contributed by atoms with Crippen LogP contribution in [0, 0.1) is 0 Å². The Hall–Kier alpha value is -1.33. The molecule has 7 heteroatoms. The van der Waals surface area contributed by atoms with Crippen LogP contribution in [-0.4, -0.2) is 29.7 Å². The minimum absolute atomic E-state index is 0.327. The SMILES string of the molecule is O=C(O)C(CF)NC(=O)C1(c2ccc(Cl)c(Cl)c2)CCC1. The number of hydrogen-bond acceptors (Lipinski definition) is 2. The molecule has 21 heavy (non-hydrogen) atoms. The third-order valence-corrected chi connectivity index (χ3v) is 4.61. The standard InChI is InChI=1S/C14H14Cl2FNO3/c15-9-3-2-8(6-10(9)16)14(4-1-5-14)13(21)18-11(7-17)12(19)20/h2-3,6,11H,1,4-5,7H2,(H,18,21)(H,19,20). The van der Waals surface area contributed by atoms with Crippen LogP contribution in [0.5, 0.6) is 0 Å². The molecule has 0 aliphatic heterocycles. The van der Waals surface area contributed by atoms with E-state index in [4.69, 9.17) is 28.3 Å². The highest BCUT2D eigenvalue weighted by molar-refractivity contribution is 6.42. The summed E-state index contributed by atoms with van der Waals surface area (Å²) >= 11 is 11.8. The van der Waals surface area contributed by atoms with E-state index in [2.05, 4.69) is 5.32 Å². The summed E-state index contributed by atoms with van der Waals surface area (Å²) in [4.78, 5) is 23.2. The van der Waals surface area contributed by atoms with Gasteiger partial charge in [0.15, 0.2) is 6.04 Å². The monoisotopic (exact) mass is 333 g/mol. The number of carboxylic acid groups (broad SMARTS) is 1. The van der Waals surface area contributed by atoms with E-state index >= 15 is 0 Å². The molecule has 0 saturated heterocycles. The minimum Gasteiger partial charge on any atom is -0.480 e. The maximum absolute atomic E-state index is 12.7. The Bertz CT molecular complexity index is 575. The molecule has 1 atom stereocenters. The summed E-state index contributed by atoms with van der Waals surface area (Å²) < 4.78 is 12.7. The molecule has 114 valence electrons. The van der Waals surface area contributed by atoms with Crippen molar-refractivity contribution in [3.05, 3.63) is 33.8 Å². The molecule has 1 amide bonds. The van der Waals surface area contributed by atoms with Crippen molar-refractivity contribution in [1.82, 2.24) is 5.32 Å². The zero-order valence-corrected chi connectivity index (χ0v) is 12.5. The highest BCUT2D eigenvalue weighted by Gasteiger charge is 2.46. The van der Waals surface area contributed by atoms with E-state index in [0.717, 1.165) is 6.42 Å². The first-order valence-electron chi connectivity index (χ1n) is 6.46. The first-order valence-corrected chi connectivity index (χ1v) is 7.21. The van der Waals surface area contributed by atoms with E-state index in [1.807, 2.05) is 0 Å². The maximum Gasteiger partial charge on any atom is 0.328 e. The molecule has 0 spiro atoms. The quantitative estimate of drug-likeness (QED) is 0.870. The highest BCUT2D eigenvalue weighted by Crippen LogP contribution is 2.45. The van der Waals surface area contributed by atoms with Crippen LogP contribution in [0.1, 0.15) is 24.8 Å². The lowest BCUT2D eigenvalue weighted by atomic mass is 9.63. The van der Waals surface area contributed by atoms with Crippen molar-refractivity contribution < 1.29 is 19.1 Å². The molecule has 1 aliphatic rings. The molecule has 0 bridgehead atoms. The van der Waals surface area contributed by atoms with Gasteiger partial charge in [-0.15, -0.1) is 0 Å².